The van der Waals surface area contributed by atoms with Gasteiger partial charge in [0, 0.05) is 18.3 Å². The van der Waals surface area contributed by atoms with Crippen molar-refractivity contribution < 1.29 is 4.79 Å². The Morgan fingerprint density at radius 3 is 3.12 bits per heavy atom. The first kappa shape index (κ1) is 9.72. The molecule has 3 rings (SSSR count). The maximum Gasteiger partial charge on any atom is 0.229 e. The second-order valence-corrected chi connectivity index (χ2v) is 5.20. The predicted molar refractivity (Wildman–Crippen MR) is 63.3 cm³/mol. The van der Waals surface area contributed by atoms with Gasteiger partial charge in [-0.3, -0.25) is 9.78 Å². The Morgan fingerprint density at radius 1 is 1.62 bits per heavy atom. The molecule has 1 aliphatic carbocycles. The Morgan fingerprint density at radius 2 is 2.44 bits per heavy atom. The average molecular weight is 233 g/mol. The van der Waals surface area contributed by atoms with E-state index in [1.807, 2.05) is 6.07 Å². The summed E-state index contributed by atoms with van der Waals surface area (Å²) in [5, 5.41) is 3.54. The van der Waals surface area contributed by atoms with Crippen LogP contribution in [0, 0.1) is 11.8 Å². The molecule has 0 aliphatic heterocycles. The maximum atomic E-state index is 11.7. The molecule has 0 saturated heterocycles. The summed E-state index contributed by atoms with van der Waals surface area (Å²) in [6.45, 7) is 2.09. The van der Waals surface area contributed by atoms with Crippen molar-refractivity contribution in [2.75, 3.05) is 5.32 Å². The zero-order chi connectivity index (χ0) is 11.1. The minimum atomic E-state index is 0.0968. The Balaban J connectivity index is 1.81. The molecule has 82 valence electrons. The van der Waals surface area contributed by atoms with Crippen LogP contribution < -0.4 is 5.32 Å². The maximum absolute atomic E-state index is 11.7. The lowest BCUT2D eigenvalue weighted by Crippen LogP contribution is -2.14. The number of rotatable bonds is 2. The van der Waals surface area contributed by atoms with Crippen molar-refractivity contribution in [3.05, 3.63) is 18.5 Å². The first-order valence-electron chi connectivity index (χ1n) is 5.25. The third-order valence-corrected chi connectivity index (χ3v) is 3.79. The number of carbonyl (C=O) groups is 1. The van der Waals surface area contributed by atoms with E-state index < -0.39 is 0 Å². The zero-order valence-corrected chi connectivity index (χ0v) is 9.62. The molecule has 1 amide bonds. The van der Waals surface area contributed by atoms with E-state index in [4.69, 9.17) is 0 Å². The molecule has 2 aromatic heterocycles. The highest BCUT2D eigenvalue weighted by Crippen LogP contribution is 2.38. The first-order valence-corrected chi connectivity index (χ1v) is 6.07. The van der Waals surface area contributed by atoms with Crippen LogP contribution in [0.3, 0.4) is 0 Å². The van der Waals surface area contributed by atoms with Gasteiger partial charge in [0.15, 0.2) is 5.13 Å². The van der Waals surface area contributed by atoms with E-state index in [0.717, 1.165) is 16.6 Å². The van der Waals surface area contributed by atoms with Gasteiger partial charge in [-0.05, 0) is 18.4 Å². The van der Waals surface area contributed by atoms with Gasteiger partial charge < -0.3 is 5.32 Å². The molecule has 2 unspecified atom stereocenters. The van der Waals surface area contributed by atoms with E-state index in [1.165, 1.54) is 11.3 Å². The Bertz CT molecular complexity index is 518. The minimum absolute atomic E-state index is 0.0968. The average Bonchev–Trinajstić information content (AvgIpc) is 2.87. The second-order valence-electron chi connectivity index (χ2n) is 4.17. The van der Waals surface area contributed by atoms with Crippen molar-refractivity contribution >= 4 is 32.6 Å². The van der Waals surface area contributed by atoms with Gasteiger partial charge in [0.25, 0.3) is 0 Å². The van der Waals surface area contributed by atoms with Crippen molar-refractivity contribution in [1.29, 1.82) is 0 Å². The molecule has 2 aromatic rings. The summed E-state index contributed by atoms with van der Waals surface area (Å²) in [5.41, 5.74) is 0.888. The van der Waals surface area contributed by atoms with Crippen molar-refractivity contribution in [1.82, 2.24) is 9.97 Å². The molecule has 16 heavy (non-hydrogen) atoms. The number of thiazole rings is 1. The highest BCUT2D eigenvalue weighted by Gasteiger charge is 2.39. The molecular weight excluding hydrogens is 222 g/mol. The van der Waals surface area contributed by atoms with Crippen LogP contribution in [0.4, 0.5) is 5.13 Å². The first-order chi connectivity index (χ1) is 7.74. The van der Waals surface area contributed by atoms with Crippen molar-refractivity contribution in [2.45, 2.75) is 13.3 Å². The van der Waals surface area contributed by atoms with Crippen molar-refractivity contribution in [2.24, 2.45) is 11.8 Å². The lowest BCUT2D eigenvalue weighted by Gasteiger charge is -1.97. The number of carbonyl (C=O) groups excluding carboxylic acids is 1. The molecule has 2 heterocycles. The van der Waals surface area contributed by atoms with Gasteiger partial charge in [-0.1, -0.05) is 18.3 Å². The van der Waals surface area contributed by atoms with Crippen molar-refractivity contribution in [3.63, 3.8) is 0 Å². The summed E-state index contributed by atoms with van der Waals surface area (Å²) >= 11 is 1.47. The van der Waals surface area contributed by atoms with Crippen LogP contribution in [0.25, 0.3) is 10.2 Å². The number of amides is 1. The second kappa shape index (κ2) is 3.52. The molecule has 1 aliphatic rings. The highest BCUT2D eigenvalue weighted by molar-refractivity contribution is 7.22. The van der Waals surface area contributed by atoms with Gasteiger partial charge >= 0.3 is 0 Å². The monoisotopic (exact) mass is 233 g/mol. The fourth-order valence-corrected chi connectivity index (χ4v) is 2.55. The standard InChI is InChI=1S/C11H11N3OS/c1-6-4-7(6)10(15)14-11-13-8-2-3-12-5-9(8)16-11/h2-3,5-7H,4H2,1H3,(H,13,14,15). The highest BCUT2D eigenvalue weighted by atomic mass is 32.1. The molecule has 4 nitrogen and oxygen atoms in total. The number of aromatic nitrogens is 2. The van der Waals surface area contributed by atoms with Gasteiger partial charge in [-0.15, -0.1) is 0 Å². The molecule has 0 aromatic carbocycles. The summed E-state index contributed by atoms with van der Waals surface area (Å²) in [7, 11) is 0. The van der Waals surface area contributed by atoms with Crippen LogP contribution in [0.5, 0.6) is 0 Å². The topological polar surface area (TPSA) is 54.9 Å². The SMILES string of the molecule is CC1CC1C(=O)Nc1nc2ccncc2s1. The van der Waals surface area contributed by atoms with E-state index in [0.29, 0.717) is 11.0 Å². The minimum Gasteiger partial charge on any atom is -0.302 e. The van der Waals surface area contributed by atoms with Crippen LogP contribution in [0.15, 0.2) is 18.5 Å². The number of hydrogen-bond acceptors (Lipinski definition) is 4. The van der Waals surface area contributed by atoms with E-state index in [9.17, 15) is 4.79 Å². The van der Waals surface area contributed by atoms with E-state index in [2.05, 4.69) is 22.2 Å². The van der Waals surface area contributed by atoms with Crippen LogP contribution >= 0.6 is 11.3 Å². The fourth-order valence-electron chi connectivity index (χ4n) is 1.72. The number of fused-ring (bicyclic) bond motifs is 1. The summed E-state index contributed by atoms with van der Waals surface area (Å²) in [4.78, 5) is 20.1. The molecule has 0 spiro atoms. The molecule has 5 heteroatoms. The van der Waals surface area contributed by atoms with Gasteiger partial charge in [-0.25, -0.2) is 4.98 Å². The number of nitrogens with zero attached hydrogens (tertiary/aromatic N) is 2. The molecular formula is C11H11N3OS. The normalized spacial score (nSPS) is 23.3. The fraction of sp³-hybridized carbons (Fsp3) is 0.364. The largest absolute Gasteiger partial charge is 0.302 e. The third-order valence-electron chi connectivity index (χ3n) is 2.87. The summed E-state index contributed by atoms with van der Waals surface area (Å²) in [5.74, 6) is 0.806. The summed E-state index contributed by atoms with van der Waals surface area (Å²) < 4.78 is 1.00. The Labute approximate surface area is 96.7 Å². The van der Waals surface area contributed by atoms with Gasteiger partial charge in [-0.2, -0.15) is 0 Å². The van der Waals surface area contributed by atoms with E-state index >= 15 is 0 Å². The van der Waals surface area contributed by atoms with Gasteiger partial charge in [0.05, 0.1) is 10.2 Å². The van der Waals surface area contributed by atoms with Crippen LogP contribution in [-0.4, -0.2) is 15.9 Å². The Hall–Kier alpha value is -1.49. The Kier molecular flexibility index (Phi) is 2.14. The van der Waals surface area contributed by atoms with Crippen LogP contribution in [0.1, 0.15) is 13.3 Å². The number of pyridine rings is 1. The van der Waals surface area contributed by atoms with Crippen molar-refractivity contribution in [3.8, 4) is 0 Å². The molecule has 0 radical (unpaired) electrons. The molecule has 2 atom stereocenters. The smallest absolute Gasteiger partial charge is 0.229 e. The lowest BCUT2D eigenvalue weighted by molar-refractivity contribution is -0.117. The summed E-state index contributed by atoms with van der Waals surface area (Å²) in [6.07, 6.45) is 4.47. The quantitative estimate of drug-likeness (QED) is 0.865. The lowest BCUT2D eigenvalue weighted by atomic mass is 10.3. The van der Waals surface area contributed by atoms with Gasteiger partial charge in [0.2, 0.25) is 5.91 Å². The van der Waals surface area contributed by atoms with E-state index in [-0.39, 0.29) is 11.8 Å². The van der Waals surface area contributed by atoms with Crippen LogP contribution in [0.2, 0.25) is 0 Å². The molecule has 1 saturated carbocycles. The number of hydrogen-bond donors (Lipinski definition) is 1. The number of nitrogens with one attached hydrogen (secondary N) is 1. The van der Waals surface area contributed by atoms with E-state index in [1.54, 1.807) is 12.4 Å². The molecule has 0 bridgehead atoms. The number of anilines is 1. The summed E-state index contributed by atoms with van der Waals surface area (Å²) in [6, 6.07) is 1.85. The predicted octanol–water partition coefficient (Wildman–Crippen LogP) is 2.29. The van der Waals surface area contributed by atoms with Gasteiger partial charge in [0.1, 0.15) is 0 Å². The third kappa shape index (κ3) is 1.67. The van der Waals surface area contributed by atoms with Crippen LogP contribution in [-0.2, 0) is 4.79 Å². The zero-order valence-electron chi connectivity index (χ0n) is 8.80. The molecule has 1 N–H and O–H groups in total. The molecule has 1 fully saturated rings.